The van der Waals surface area contributed by atoms with Crippen LogP contribution in [0.3, 0.4) is 0 Å². The second kappa shape index (κ2) is 4.92. The van der Waals surface area contributed by atoms with Gasteiger partial charge in [-0.3, -0.25) is 4.79 Å². The Bertz CT molecular complexity index is 964. The summed E-state index contributed by atoms with van der Waals surface area (Å²) in [4.78, 5) is 12.5. The van der Waals surface area contributed by atoms with Crippen LogP contribution in [0.1, 0.15) is 36.8 Å². The van der Waals surface area contributed by atoms with Gasteiger partial charge in [0.1, 0.15) is 0 Å². The second-order valence-corrected chi connectivity index (χ2v) is 9.39. The van der Waals surface area contributed by atoms with Gasteiger partial charge >= 0.3 is 0 Å². The summed E-state index contributed by atoms with van der Waals surface area (Å²) in [6, 6.07) is 21.6. The quantitative estimate of drug-likeness (QED) is 0.812. The van der Waals surface area contributed by atoms with Gasteiger partial charge in [0, 0.05) is 5.41 Å². The van der Waals surface area contributed by atoms with Gasteiger partial charge in [-0.15, -0.1) is 0 Å². The molecule has 2 nitrogen and oxygen atoms in total. The van der Waals surface area contributed by atoms with Crippen LogP contribution in [0.15, 0.2) is 72.3 Å². The first-order chi connectivity index (χ1) is 13.1. The Morgan fingerprint density at radius 3 is 2.33 bits per heavy atom. The highest BCUT2D eigenvalue weighted by Crippen LogP contribution is 2.90. The number of nitrogens with two attached hydrogens (primary N) is 1. The summed E-state index contributed by atoms with van der Waals surface area (Å²) in [6.45, 7) is 0. The van der Waals surface area contributed by atoms with E-state index in [9.17, 15) is 4.79 Å². The zero-order valence-electron chi connectivity index (χ0n) is 15.5. The lowest BCUT2D eigenvalue weighted by Crippen LogP contribution is -2.70. The number of carbonyl (C=O) groups excluding carboxylic acids is 1. The third-order valence-corrected chi connectivity index (χ3v) is 8.62. The van der Waals surface area contributed by atoms with E-state index in [1.54, 1.807) is 5.57 Å². The van der Waals surface area contributed by atoms with Crippen molar-refractivity contribution in [3.05, 3.63) is 83.4 Å². The molecule has 0 saturated heterocycles. The zero-order valence-corrected chi connectivity index (χ0v) is 15.5. The first kappa shape index (κ1) is 15.7. The molecule has 0 radical (unpaired) electrons. The Labute approximate surface area is 160 Å². The Morgan fingerprint density at radius 1 is 0.963 bits per heavy atom. The van der Waals surface area contributed by atoms with Crippen molar-refractivity contribution in [2.24, 2.45) is 28.4 Å². The molecule has 1 spiro atoms. The lowest BCUT2D eigenvalue weighted by Gasteiger charge is -2.74. The van der Waals surface area contributed by atoms with Gasteiger partial charge in [0.2, 0.25) is 5.91 Å². The van der Waals surface area contributed by atoms with E-state index in [4.69, 9.17) is 5.73 Å². The number of allylic oxidation sites excluding steroid dienone is 2. The van der Waals surface area contributed by atoms with E-state index < -0.39 is 0 Å². The molecule has 27 heavy (non-hydrogen) atoms. The Balaban J connectivity index is 1.39. The first-order valence-electron chi connectivity index (χ1n) is 10.2. The normalized spacial score (nSPS) is 41.7. The monoisotopic (exact) mass is 355 g/mol. The highest BCUT2D eigenvalue weighted by molar-refractivity contribution is 5.84. The molecule has 2 N–H and O–H groups in total. The van der Waals surface area contributed by atoms with Gasteiger partial charge in [0.15, 0.2) is 0 Å². The standard InChI is InChI=1S/C25H25NO/c26-22(27)23-13-20-19(12-11-17-7-3-1-4-8-17)21-14-24(15-23,25(20,21)16-23)18-9-5-2-6-10-18/h1-10,12,20-21H,11,13-16H2,(H2,26,27). The lowest BCUT2D eigenvalue weighted by molar-refractivity contribution is -0.151. The van der Waals surface area contributed by atoms with Crippen molar-refractivity contribution in [1.29, 1.82) is 0 Å². The smallest absolute Gasteiger partial charge is 0.223 e. The van der Waals surface area contributed by atoms with Gasteiger partial charge < -0.3 is 5.73 Å². The van der Waals surface area contributed by atoms with Crippen molar-refractivity contribution in [1.82, 2.24) is 0 Å². The van der Waals surface area contributed by atoms with Crippen molar-refractivity contribution in [3.8, 4) is 0 Å². The number of carbonyl (C=O) groups is 1. The molecular weight excluding hydrogens is 330 g/mol. The van der Waals surface area contributed by atoms with E-state index in [0.29, 0.717) is 17.3 Å². The van der Waals surface area contributed by atoms with Gasteiger partial charge in [-0.1, -0.05) is 72.3 Å². The largest absolute Gasteiger partial charge is 0.369 e. The lowest BCUT2D eigenvalue weighted by atomic mass is 9.29. The molecule has 2 bridgehead atoms. The molecule has 136 valence electrons. The number of primary amides is 1. The van der Waals surface area contributed by atoms with E-state index in [-0.39, 0.29) is 16.7 Å². The second-order valence-electron chi connectivity index (χ2n) is 9.39. The van der Waals surface area contributed by atoms with Crippen LogP contribution < -0.4 is 5.73 Å². The van der Waals surface area contributed by atoms with Crippen LogP contribution in [0.5, 0.6) is 0 Å². The van der Waals surface area contributed by atoms with Crippen LogP contribution in [0.25, 0.3) is 0 Å². The van der Waals surface area contributed by atoms with Crippen LogP contribution >= 0.6 is 0 Å². The minimum atomic E-state index is -0.280. The molecule has 5 unspecified atom stereocenters. The SMILES string of the molecule is NC(=O)C12CC3C(=CCc4ccccc4)C4CC(c5ccccc5)(C1)C34C2. The maximum Gasteiger partial charge on any atom is 0.223 e. The zero-order chi connectivity index (χ0) is 18.3. The molecule has 4 aliphatic carbocycles. The summed E-state index contributed by atoms with van der Waals surface area (Å²) in [6.07, 6.45) is 7.64. The summed E-state index contributed by atoms with van der Waals surface area (Å²) in [5, 5.41) is 0. The van der Waals surface area contributed by atoms with Gasteiger partial charge in [0.25, 0.3) is 0 Å². The molecule has 1 amide bonds. The predicted octanol–water partition coefficient (Wildman–Crippen LogP) is 4.40. The third-order valence-electron chi connectivity index (χ3n) is 8.62. The summed E-state index contributed by atoms with van der Waals surface area (Å²) in [5.74, 6) is 1.16. The summed E-state index contributed by atoms with van der Waals surface area (Å²) in [5.41, 5.74) is 10.6. The predicted molar refractivity (Wildman–Crippen MR) is 106 cm³/mol. The molecule has 2 aromatic carbocycles. The molecule has 4 aliphatic rings. The van der Waals surface area contributed by atoms with Crippen molar-refractivity contribution in [2.75, 3.05) is 0 Å². The molecule has 0 heterocycles. The number of benzene rings is 2. The van der Waals surface area contributed by atoms with Gasteiger partial charge in [0.05, 0.1) is 5.41 Å². The first-order valence-corrected chi connectivity index (χ1v) is 10.2. The number of hydrogen-bond acceptors (Lipinski definition) is 1. The fourth-order valence-corrected chi connectivity index (χ4v) is 7.70. The average molecular weight is 355 g/mol. The fraction of sp³-hybridized carbons (Fsp3) is 0.400. The molecule has 6 rings (SSSR count). The summed E-state index contributed by atoms with van der Waals surface area (Å²) >= 11 is 0. The maximum absolute atomic E-state index is 12.5. The van der Waals surface area contributed by atoms with Crippen molar-refractivity contribution < 1.29 is 4.79 Å². The summed E-state index contributed by atoms with van der Waals surface area (Å²) < 4.78 is 0. The van der Waals surface area contributed by atoms with E-state index in [1.807, 2.05) is 0 Å². The molecule has 0 aromatic heterocycles. The van der Waals surface area contributed by atoms with Crippen LogP contribution in [0.2, 0.25) is 0 Å². The number of amides is 1. The molecule has 2 aromatic rings. The topological polar surface area (TPSA) is 43.1 Å². The molecule has 4 fully saturated rings. The van der Waals surface area contributed by atoms with Crippen molar-refractivity contribution in [3.63, 3.8) is 0 Å². The Kier molecular flexibility index (Phi) is 2.86. The van der Waals surface area contributed by atoms with E-state index >= 15 is 0 Å². The third kappa shape index (κ3) is 1.66. The number of hydrogen-bond donors (Lipinski definition) is 1. The number of fused-ring (bicyclic) bond motifs is 1. The average Bonchev–Trinajstić information content (AvgIpc) is 3.16. The van der Waals surface area contributed by atoms with Crippen LogP contribution in [-0.2, 0) is 16.6 Å². The van der Waals surface area contributed by atoms with Gasteiger partial charge in [-0.25, -0.2) is 0 Å². The highest BCUT2D eigenvalue weighted by Gasteiger charge is 2.86. The fourth-order valence-electron chi connectivity index (χ4n) is 7.70. The molecule has 2 heteroatoms. The van der Waals surface area contributed by atoms with Crippen molar-refractivity contribution >= 4 is 5.91 Å². The minimum Gasteiger partial charge on any atom is -0.369 e. The van der Waals surface area contributed by atoms with E-state index in [1.165, 1.54) is 17.5 Å². The summed E-state index contributed by atoms with van der Waals surface area (Å²) in [7, 11) is 0. The minimum absolute atomic E-state index is 0.0582. The molecule has 5 atom stereocenters. The van der Waals surface area contributed by atoms with Gasteiger partial charge in [-0.2, -0.15) is 0 Å². The van der Waals surface area contributed by atoms with Crippen molar-refractivity contribution in [2.45, 2.75) is 37.5 Å². The maximum atomic E-state index is 12.5. The van der Waals surface area contributed by atoms with E-state index in [2.05, 4.69) is 66.7 Å². The van der Waals surface area contributed by atoms with E-state index in [0.717, 1.165) is 25.7 Å². The molecule has 4 saturated carbocycles. The van der Waals surface area contributed by atoms with Gasteiger partial charge in [-0.05, 0) is 60.5 Å². The Morgan fingerprint density at radius 2 is 1.63 bits per heavy atom. The van der Waals surface area contributed by atoms with Crippen LogP contribution in [-0.4, -0.2) is 5.91 Å². The number of rotatable bonds is 4. The van der Waals surface area contributed by atoms with Crippen LogP contribution in [0.4, 0.5) is 0 Å². The molecule has 0 aliphatic heterocycles. The highest BCUT2D eigenvalue weighted by atomic mass is 16.1. The Hall–Kier alpha value is -2.35. The molecular formula is C25H25NO. The van der Waals surface area contributed by atoms with Crippen LogP contribution in [0, 0.1) is 22.7 Å².